The molecule has 0 aromatic carbocycles. The fraction of sp³-hybridized carbons (Fsp3) is 0.909. The summed E-state index contributed by atoms with van der Waals surface area (Å²) in [7, 11) is 0. The van der Waals surface area contributed by atoms with Gasteiger partial charge >= 0.3 is 0 Å². The molecular formula is C11H24N2O2. The fourth-order valence-electron chi connectivity index (χ4n) is 0.776. The van der Waals surface area contributed by atoms with Crippen LogP contribution in [0.1, 0.15) is 41.5 Å². The number of hydrogen-bond donors (Lipinski definition) is 2. The highest BCUT2D eigenvalue weighted by Crippen LogP contribution is 2.04. The van der Waals surface area contributed by atoms with Crippen molar-refractivity contribution in [3.8, 4) is 0 Å². The third-order valence-corrected chi connectivity index (χ3v) is 1.62. The zero-order valence-corrected chi connectivity index (χ0v) is 10.7. The average Bonchev–Trinajstić information content (AvgIpc) is 2.08. The zero-order chi connectivity index (χ0) is 12.1. The van der Waals surface area contributed by atoms with Gasteiger partial charge in [-0.25, -0.2) is 0 Å². The highest BCUT2D eigenvalue weighted by atomic mass is 16.7. The first-order chi connectivity index (χ1) is 6.72. The van der Waals surface area contributed by atoms with Gasteiger partial charge in [-0.15, -0.1) is 0 Å². The Labute approximate surface area is 92.7 Å². The van der Waals surface area contributed by atoms with Crippen LogP contribution in [0.2, 0.25) is 0 Å². The van der Waals surface area contributed by atoms with Crippen LogP contribution in [-0.4, -0.2) is 24.1 Å². The van der Waals surface area contributed by atoms with Crippen LogP contribution < -0.4 is 10.8 Å². The van der Waals surface area contributed by atoms with Gasteiger partial charge in [0.1, 0.15) is 6.04 Å². The first-order valence-corrected chi connectivity index (χ1v) is 5.43. The SMILES string of the molecule is CC(C)CNC(=O)C(C)NOC(C)(C)C. The molecule has 0 aliphatic heterocycles. The molecule has 0 aromatic heterocycles. The van der Waals surface area contributed by atoms with Crippen LogP contribution in [0.25, 0.3) is 0 Å². The Hall–Kier alpha value is -0.610. The van der Waals surface area contributed by atoms with Crippen molar-refractivity contribution in [1.29, 1.82) is 0 Å². The smallest absolute Gasteiger partial charge is 0.239 e. The molecule has 1 atom stereocenters. The summed E-state index contributed by atoms with van der Waals surface area (Å²) in [6, 6.07) is -0.331. The number of rotatable bonds is 5. The molecule has 0 fully saturated rings. The summed E-state index contributed by atoms with van der Waals surface area (Å²) in [5.41, 5.74) is 2.45. The molecule has 1 amide bonds. The van der Waals surface area contributed by atoms with Crippen LogP contribution in [0.4, 0.5) is 0 Å². The van der Waals surface area contributed by atoms with Crippen molar-refractivity contribution in [2.45, 2.75) is 53.2 Å². The maximum absolute atomic E-state index is 11.5. The summed E-state index contributed by atoms with van der Waals surface area (Å²) < 4.78 is 0. The van der Waals surface area contributed by atoms with E-state index in [0.717, 1.165) is 0 Å². The summed E-state index contributed by atoms with van der Waals surface area (Å²) in [6.07, 6.45) is 0. The Bertz CT molecular complexity index is 197. The van der Waals surface area contributed by atoms with Gasteiger partial charge in [0.15, 0.2) is 0 Å². The predicted molar refractivity (Wildman–Crippen MR) is 61.3 cm³/mol. The molecule has 0 aromatic rings. The van der Waals surface area contributed by atoms with Crippen molar-refractivity contribution in [2.24, 2.45) is 5.92 Å². The lowest BCUT2D eigenvalue weighted by molar-refractivity contribution is -0.133. The summed E-state index contributed by atoms with van der Waals surface area (Å²) in [6.45, 7) is 12.4. The molecule has 0 spiro atoms. The number of hydroxylamine groups is 1. The molecule has 4 nitrogen and oxygen atoms in total. The first kappa shape index (κ1) is 14.4. The minimum Gasteiger partial charge on any atom is -0.354 e. The van der Waals surface area contributed by atoms with E-state index in [2.05, 4.69) is 24.6 Å². The van der Waals surface area contributed by atoms with Gasteiger partial charge in [-0.2, -0.15) is 5.48 Å². The highest BCUT2D eigenvalue weighted by molar-refractivity contribution is 5.81. The largest absolute Gasteiger partial charge is 0.354 e. The standard InChI is InChI=1S/C11H24N2O2/c1-8(2)7-12-10(14)9(3)13-15-11(4,5)6/h8-9,13H,7H2,1-6H3,(H,12,14). The molecule has 0 saturated heterocycles. The lowest BCUT2D eigenvalue weighted by Crippen LogP contribution is -2.45. The Morgan fingerprint density at radius 1 is 1.27 bits per heavy atom. The fourth-order valence-corrected chi connectivity index (χ4v) is 0.776. The monoisotopic (exact) mass is 216 g/mol. The van der Waals surface area contributed by atoms with E-state index in [1.807, 2.05) is 20.8 Å². The third-order valence-electron chi connectivity index (χ3n) is 1.62. The molecule has 90 valence electrons. The molecule has 1 unspecified atom stereocenters. The molecule has 0 radical (unpaired) electrons. The number of amides is 1. The number of hydrogen-bond acceptors (Lipinski definition) is 3. The lowest BCUT2D eigenvalue weighted by atomic mass is 10.2. The van der Waals surface area contributed by atoms with Gasteiger partial charge in [-0.1, -0.05) is 13.8 Å². The second-order valence-electron chi connectivity index (χ2n) is 5.19. The molecular weight excluding hydrogens is 192 g/mol. The molecule has 4 heteroatoms. The second-order valence-corrected chi connectivity index (χ2v) is 5.19. The van der Waals surface area contributed by atoms with Crippen LogP contribution in [-0.2, 0) is 9.63 Å². The summed E-state index contributed by atoms with van der Waals surface area (Å²) in [5.74, 6) is 0.428. The minimum absolute atomic E-state index is 0.0343. The molecule has 0 aliphatic rings. The van der Waals surface area contributed by atoms with Crippen molar-refractivity contribution in [3.05, 3.63) is 0 Å². The van der Waals surface area contributed by atoms with E-state index < -0.39 is 0 Å². The van der Waals surface area contributed by atoms with Crippen LogP contribution in [0, 0.1) is 5.92 Å². The van der Waals surface area contributed by atoms with Crippen LogP contribution in [0.5, 0.6) is 0 Å². The van der Waals surface area contributed by atoms with Gasteiger partial charge in [0.2, 0.25) is 5.91 Å². The third kappa shape index (κ3) is 8.39. The lowest BCUT2D eigenvalue weighted by Gasteiger charge is -2.22. The van der Waals surface area contributed by atoms with Crippen molar-refractivity contribution in [1.82, 2.24) is 10.8 Å². The van der Waals surface area contributed by atoms with Crippen molar-refractivity contribution >= 4 is 5.91 Å². The van der Waals surface area contributed by atoms with Crippen LogP contribution in [0.3, 0.4) is 0 Å². The van der Waals surface area contributed by atoms with E-state index in [1.165, 1.54) is 0 Å². The van der Waals surface area contributed by atoms with E-state index in [9.17, 15) is 4.79 Å². The highest BCUT2D eigenvalue weighted by Gasteiger charge is 2.17. The summed E-state index contributed by atoms with van der Waals surface area (Å²) in [4.78, 5) is 16.8. The normalized spacial score (nSPS) is 14.1. The van der Waals surface area contributed by atoms with Gasteiger partial charge in [0, 0.05) is 6.54 Å². The predicted octanol–water partition coefficient (Wildman–Crippen LogP) is 1.47. The van der Waals surface area contributed by atoms with E-state index in [4.69, 9.17) is 4.84 Å². The average molecular weight is 216 g/mol. The Morgan fingerprint density at radius 2 is 1.80 bits per heavy atom. The topological polar surface area (TPSA) is 50.4 Å². The maximum atomic E-state index is 11.5. The molecule has 0 bridgehead atoms. The molecule has 0 rings (SSSR count). The van der Waals surface area contributed by atoms with Gasteiger partial charge in [-0.05, 0) is 33.6 Å². The molecule has 0 heterocycles. The summed E-state index contributed by atoms with van der Waals surface area (Å²) >= 11 is 0. The van der Waals surface area contributed by atoms with Gasteiger partial charge in [0.05, 0.1) is 5.60 Å². The number of nitrogens with one attached hydrogen (secondary N) is 2. The Morgan fingerprint density at radius 3 is 2.20 bits per heavy atom. The van der Waals surface area contributed by atoms with Gasteiger partial charge in [-0.3, -0.25) is 9.63 Å². The number of carbonyl (C=O) groups is 1. The maximum Gasteiger partial charge on any atom is 0.239 e. The summed E-state index contributed by atoms with van der Waals surface area (Å²) in [5, 5.41) is 2.84. The molecule has 0 aliphatic carbocycles. The molecule has 15 heavy (non-hydrogen) atoms. The first-order valence-electron chi connectivity index (χ1n) is 5.43. The van der Waals surface area contributed by atoms with Crippen LogP contribution in [0.15, 0.2) is 0 Å². The molecule has 2 N–H and O–H groups in total. The van der Waals surface area contributed by atoms with E-state index in [1.54, 1.807) is 6.92 Å². The van der Waals surface area contributed by atoms with Crippen molar-refractivity contribution < 1.29 is 9.63 Å². The van der Waals surface area contributed by atoms with E-state index in [0.29, 0.717) is 12.5 Å². The quantitative estimate of drug-likeness (QED) is 0.684. The molecule has 0 saturated carbocycles. The van der Waals surface area contributed by atoms with Gasteiger partial charge in [0.25, 0.3) is 0 Å². The van der Waals surface area contributed by atoms with Gasteiger partial charge < -0.3 is 5.32 Å². The minimum atomic E-state index is -0.331. The zero-order valence-electron chi connectivity index (χ0n) is 10.7. The van der Waals surface area contributed by atoms with Crippen molar-refractivity contribution in [3.63, 3.8) is 0 Å². The Balaban J connectivity index is 3.79. The second kappa shape index (κ2) is 6.08. The van der Waals surface area contributed by atoms with E-state index in [-0.39, 0.29) is 17.6 Å². The number of carbonyl (C=O) groups excluding carboxylic acids is 1. The van der Waals surface area contributed by atoms with E-state index >= 15 is 0 Å². The Kier molecular flexibility index (Phi) is 5.83. The van der Waals surface area contributed by atoms with Crippen LogP contribution >= 0.6 is 0 Å². The van der Waals surface area contributed by atoms with Crippen molar-refractivity contribution in [2.75, 3.05) is 6.54 Å².